The van der Waals surface area contributed by atoms with E-state index >= 15 is 0 Å². The number of benzene rings is 1. The summed E-state index contributed by atoms with van der Waals surface area (Å²) in [4.78, 5) is 24.6. The summed E-state index contributed by atoms with van der Waals surface area (Å²) in [5, 5.41) is 12.6. The van der Waals surface area contributed by atoms with E-state index in [0.717, 1.165) is 11.8 Å². The van der Waals surface area contributed by atoms with Crippen molar-refractivity contribution in [2.45, 2.75) is 38.1 Å². The fraction of sp³-hybridized carbons (Fsp3) is 0.440. The summed E-state index contributed by atoms with van der Waals surface area (Å²) in [6.07, 6.45) is 7.96. The first kappa shape index (κ1) is 21.2. The zero-order chi connectivity index (χ0) is 22.4. The number of carboxylic acids is 1. The van der Waals surface area contributed by atoms with Gasteiger partial charge in [-0.1, -0.05) is 0 Å². The van der Waals surface area contributed by atoms with Crippen LogP contribution in [-0.2, 0) is 4.79 Å². The molecule has 6 nitrogen and oxygen atoms in total. The van der Waals surface area contributed by atoms with Gasteiger partial charge < -0.3 is 19.6 Å². The van der Waals surface area contributed by atoms with E-state index in [0.29, 0.717) is 33.8 Å². The van der Waals surface area contributed by atoms with Crippen LogP contribution in [0.15, 0.2) is 39.7 Å². The number of carboxylic acid groups (broad SMARTS) is 1. The van der Waals surface area contributed by atoms with Gasteiger partial charge in [-0.3, -0.25) is 4.79 Å². The van der Waals surface area contributed by atoms with Crippen molar-refractivity contribution >= 4 is 30.6 Å². The Morgan fingerprint density at radius 2 is 1.78 bits per heavy atom. The van der Waals surface area contributed by atoms with Crippen molar-refractivity contribution in [2.75, 3.05) is 7.11 Å². The summed E-state index contributed by atoms with van der Waals surface area (Å²) in [6, 6.07) is 8.58. The number of rotatable bonds is 6. The molecule has 4 bridgehead atoms. The molecule has 0 unspecified atom stereocenters. The summed E-state index contributed by atoms with van der Waals surface area (Å²) in [5.74, 6) is 2.95. The van der Waals surface area contributed by atoms with Gasteiger partial charge in [0.25, 0.3) is 5.91 Å². The summed E-state index contributed by atoms with van der Waals surface area (Å²) in [6.45, 7) is 0. The fourth-order valence-corrected chi connectivity index (χ4v) is 6.39. The van der Waals surface area contributed by atoms with E-state index in [9.17, 15) is 14.7 Å². The molecule has 4 fully saturated rings. The lowest BCUT2D eigenvalue weighted by Gasteiger charge is -2.54. The van der Waals surface area contributed by atoms with Crippen molar-refractivity contribution in [3.05, 3.63) is 46.6 Å². The highest BCUT2D eigenvalue weighted by Crippen LogP contribution is 2.53. The molecular formula is C25H27NO5S. The summed E-state index contributed by atoms with van der Waals surface area (Å²) in [7, 11) is 1.43. The highest BCUT2D eigenvalue weighted by Gasteiger charge is 2.48. The van der Waals surface area contributed by atoms with Gasteiger partial charge in [0, 0.05) is 11.6 Å². The Morgan fingerprint density at radius 3 is 2.41 bits per heavy atom. The molecule has 2 aromatic rings. The van der Waals surface area contributed by atoms with Crippen molar-refractivity contribution in [2.24, 2.45) is 23.7 Å². The van der Waals surface area contributed by atoms with Crippen LogP contribution in [0, 0.1) is 23.7 Å². The van der Waals surface area contributed by atoms with Crippen molar-refractivity contribution in [1.29, 1.82) is 0 Å². The Balaban J connectivity index is 1.29. The van der Waals surface area contributed by atoms with Gasteiger partial charge in [0.2, 0.25) is 0 Å². The van der Waals surface area contributed by atoms with E-state index in [-0.39, 0.29) is 23.3 Å². The van der Waals surface area contributed by atoms with Crippen LogP contribution >= 0.6 is 12.6 Å². The van der Waals surface area contributed by atoms with E-state index in [1.165, 1.54) is 45.3 Å². The van der Waals surface area contributed by atoms with E-state index in [1.807, 2.05) is 0 Å². The van der Waals surface area contributed by atoms with Crippen molar-refractivity contribution in [3.8, 4) is 17.1 Å². The first-order valence-corrected chi connectivity index (χ1v) is 11.6. The van der Waals surface area contributed by atoms with Crippen LogP contribution in [0.5, 0.6) is 5.75 Å². The zero-order valence-corrected chi connectivity index (χ0v) is 18.8. The molecule has 0 radical (unpaired) electrons. The van der Waals surface area contributed by atoms with Crippen molar-refractivity contribution < 1.29 is 23.8 Å². The topological polar surface area (TPSA) is 88.8 Å². The van der Waals surface area contributed by atoms with Crippen LogP contribution in [0.4, 0.5) is 0 Å². The van der Waals surface area contributed by atoms with Gasteiger partial charge in [0.1, 0.15) is 22.8 Å². The number of carbonyl (C=O) groups excluding carboxylic acids is 1. The number of thiol groups is 1. The normalized spacial score (nSPS) is 28.6. The lowest BCUT2D eigenvalue weighted by atomic mass is 9.54. The minimum Gasteiger partial charge on any atom is -0.496 e. The van der Waals surface area contributed by atoms with E-state index < -0.39 is 5.97 Å². The SMILES string of the molecule is COc1ccc(-c2ccc(/C=C(\S)C(=O)NC3C4CC5CC(C4)CC3C5)o2)cc1C(=O)O. The predicted octanol–water partition coefficient (Wildman–Crippen LogP) is 4.87. The molecule has 4 aliphatic rings. The Bertz CT molecular complexity index is 1060. The van der Waals surface area contributed by atoms with Gasteiger partial charge >= 0.3 is 5.97 Å². The van der Waals surface area contributed by atoms with E-state index in [2.05, 4.69) is 17.9 Å². The Hall–Kier alpha value is -2.67. The van der Waals surface area contributed by atoms with Crippen LogP contribution in [0.1, 0.15) is 48.2 Å². The number of methoxy groups -OCH3 is 1. The first-order chi connectivity index (χ1) is 15.4. The molecule has 168 valence electrons. The second-order valence-electron chi connectivity index (χ2n) is 9.38. The molecule has 4 saturated carbocycles. The molecule has 1 heterocycles. The fourth-order valence-electron chi connectivity index (χ4n) is 6.20. The second kappa shape index (κ2) is 8.35. The number of hydrogen-bond acceptors (Lipinski definition) is 5. The Morgan fingerprint density at radius 1 is 1.09 bits per heavy atom. The van der Waals surface area contributed by atoms with Crippen LogP contribution in [0.25, 0.3) is 17.4 Å². The monoisotopic (exact) mass is 453 g/mol. The van der Waals surface area contributed by atoms with Crippen molar-refractivity contribution in [3.63, 3.8) is 0 Å². The van der Waals surface area contributed by atoms with Crippen LogP contribution in [0.2, 0.25) is 0 Å². The number of nitrogens with one attached hydrogen (secondary N) is 1. The van der Waals surface area contributed by atoms with Crippen LogP contribution in [0.3, 0.4) is 0 Å². The van der Waals surface area contributed by atoms with E-state index in [1.54, 1.807) is 30.3 Å². The minimum absolute atomic E-state index is 0.0587. The number of hydrogen-bond donors (Lipinski definition) is 3. The molecule has 7 heteroatoms. The summed E-state index contributed by atoms with van der Waals surface area (Å²) in [5.41, 5.74) is 0.671. The highest BCUT2D eigenvalue weighted by molar-refractivity contribution is 7.85. The molecule has 0 aliphatic heterocycles. The molecule has 0 spiro atoms. The molecule has 4 aliphatic carbocycles. The number of ether oxygens (including phenoxy) is 1. The quantitative estimate of drug-likeness (QED) is 0.429. The largest absolute Gasteiger partial charge is 0.496 e. The molecule has 2 N–H and O–H groups in total. The first-order valence-electron chi connectivity index (χ1n) is 11.1. The minimum atomic E-state index is -1.07. The molecule has 6 rings (SSSR count). The second-order valence-corrected chi connectivity index (χ2v) is 9.86. The number of carbonyl (C=O) groups is 2. The molecule has 32 heavy (non-hydrogen) atoms. The van der Waals surface area contributed by atoms with Crippen LogP contribution in [-0.4, -0.2) is 30.1 Å². The Labute approximate surface area is 192 Å². The lowest BCUT2D eigenvalue weighted by molar-refractivity contribution is -0.120. The van der Waals surface area contributed by atoms with Crippen molar-refractivity contribution in [1.82, 2.24) is 5.32 Å². The van der Waals surface area contributed by atoms with Crippen LogP contribution < -0.4 is 10.1 Å². The number of aromatic carboxylic acids is 1. The maximum Gasteiger partial charge on any atom is 0.339 e. The summed E-state index contributed by atoms with van der Waals surface area (Å²) >= 11 is 4.43. The third kappa shape index (κ3) is 3.94. The maximum atomic E-state index is 12.8. The average molecular weight is 454 g/mol. The zero-order valence-electron chi connectivity index (χ0n) is 17.9. The Kier molecular flexibility index (Phi) is 5.53. The molecule has 0 saturated heterocycles. The van der Waals surface area contributed by atoms with Gasteiger partial charge in [0.05, 0.1) is 12.0 Å². The predicted molar refractivity (Wildman–Crippen MR) is 124 cm³/mol. The van der Waals surface area contributed by atoms with Gasteiger partial charge in [-0.2, -0.15) is 0 Å². The number of furan rings is 1. The third-order valence-electron chi connectivity index (χ3n) is 7.38. The smallest absolute Gasteiger partial charge is 0.339 e. The average Bonchev–Trinajstić information content (AvgIpc) is 3.23. The lowest BCUT2D eigenvalue weighted by Crippen LogP contribution is -2.55. The molecule has 1 aromatic heterocycles. The molecule has 1 amide bonds. The van der Waals surface area contributed by atoms with Gasteiger partial charge in [0.15, 0.2) is 0 Å². The molecule has 0 atom stereocenters. The van der Waals surface area contributed by atoms with Gasteiger partial charge in [-0.05, 0) is 92.2 Å². The standard InChI is InChI=1S/C25H27NO5S/c1-30-21-4-2-15(11-19(21)25(28)29)20-5-3-18(31-20)12-22(32)24(27)26-23-16-7-13-6-14(9-16)10-17(23)8-13/h2-5,11-14,16-17,23,32H,6-10H2,1H3,(H,26,27)(H,28,29)/b22-12-. The third-order valence-corrected chi connectivity index (χ3v) is 7.71. The molecular weight excluding hydrogens is 426 g/mol. The van der Waals surface area contributed by atoms with Gasteiger partial charge in [-0.25, -0.2) is 4.79 Å². The maximum absolute atomic E-state index is 12.8. The van der Waals surface area contributed by atoms with Gasteiger partial charge in [-0.15, -0.1) is 12.6 Å². The highest BCUT2D eigenvalue weighted by atomic mass is 32.1. The van der Waals surface area contributed by atoms with E-state index in [4.69, 9.17) is 9.15 Å². The number of amides is 1. The molecule has 1 aromatic carbocycles. The summed E-state index contributed by atoms with van der Waals surface area (Å²) < 4.78 is 10.9.